The molecule has 20 heavy (non-hydrogen) atoms. The van der Waals surface area contributed by atoms with Crippen molar-refractivity contribution in [3.05, 3.63) is 24.3 Å². The largest absolute Gasteiger partial charge is 0.501 e. The molecule has 114 valence electrons. The van der Waals surface area contributed by atoms with Crippen molar-refractivity contribution in [2.45, 2.75) is 44.1 Å². The van der Waals surface area contributed by atoms with E-state index in [0.29, 0.717) is 0 Å². The van der Waals surface area contributed by atoms with Crippen LogP contribution in [0.3, 0.4) is 0 Å². The smallest absolute Gasteiger partial charge is 0.381 e. The Morgan fingerprint density at radius 1 is 1.10 bits per heavy atom. The summed E-state index contributed by atoms with van der Waals surface area (Å²) in [6, 6.07) is 4.85. The minimum Gasteiger partial charge on any atom is -0.381 e. The zero-order valence-corrected chi connectivity index (χ0v) is 12.6. The van der Waals surface area contributed by atoms with Gasteiger partial charge in [-0.1, -0.05) is 32.9 Å². The maximum Gasteiger partial charge on any atom is 0.501 e. The van der Waals surface area contributed by atoms with E-state index in [0.717, 1.165) is 6.07 Å². The molecule has 1 aromatic carbocycles. The minimum atomic E-state index is -5.36. The summed E-state index contributed by atoms with van der Waals surface area (Å²) in [5, 5.41) is 2.85. The molecule has 0 aliphatic rings. The van der Waals surface area contributed by atoms with E-state index < -0.39 is 20.2 Å². The van der Waals surface area contributed by atoms with Gasteiger partial charge in [-0.2, -0.15) is 13.2 Å². The van der Waals surface area contributed by atoms with Crippen molar-refractivity contribution in [2.24, 2.45) is 5.41 Å². The molecule has 7 heteroatoms. The maximum atomic E-state index is 12.7. The molecule has 0 amide bonds. The fourth-order valence-corrected chi connectivity index (χ4v) is 2.32. The molecule has 1 atom stereocenters. The van der Waals surface area contributed by atoms with Crippen LogP contribution in [0.2, 0.25) is 0 Å². The molecule has 1 aromatic rings. The highest BCUT2D eigenvalue weighted by molar-refractivity contribution is 7.92. The Kier molecular flexibility index (Phi) is 4.43. The summed E-state index contributed by atoms with van der Waals surface area (Å²) < 4.78 is 61.0. The van der Waals surface area contributed by atoms with Crippen LogP contribution in [0.1, 0.15) is 27.7 Å². The highest BCUT2D eigenvalue weighted by atomic mass is 32.2. The number of anilines is 1. The highest BCUT2D eigenvalue weighted by Gasteiger charge is 2.48. The molecule has 0 heterocycles. The number of rotatable bonds is 3. The summed E-state index contributed by atoms with van der Waals surface area (Å²) in [6.07, 6.45) is 0. The minimum absolute atomic E-state index is 0.0350. The van der Waals surface area contributed by atoms with E-state index in [2.05, 4.69) is 5.32 Å². The molecule has 1 rings (SSSR count). The molecule has 0 saturated carbocycles. The first-order valence-electron chi connectivity index (χ1n) is 6.04. The predicted octanol–water partition coefficient (Wildman–Crippen LogP) is 3.83. The third-order valence-corrected chi connectivity index (χ3v) is 4.70. The van der Waals surface area contributed by atoms with E-state index in [-0.39, 0.29) is 17.1 Å². The predicted molar refractivity (Wildman–Crippen MR) is 72.2 cm³/mol. The van der Waals surface area contributed by atoms with Crippen LogP contribution in [-0.4, -0.2) is 20.0 Å². The van der Waals surface area contributed by atoms with Crippen molar-refractivity contribution in [1.82, 2.24) is 0 Å². The number of alkyl halides is 3. The lowest BCUT2D eigenvalue weighted by Gasteiger charge is -2.29. The number of hydrogen-bond donors (Lipinski definition) is 1. The van der Waals surface area contributed by atoms with Crippen molar-refractivity contribution in [3.8, 4) is 0 Å². The second kappa shape index (κ2) is 5.27. The summed E-state index contributed by atoms with van der Waals surface area (Å²) in [4.78, 5) is -0.747. The lowest BCUT2D eigenvalue weighted by Crippen LogP contribution is -2.32. The van der Waals surface area contributed by atoms with E-state index in [1.54, 1.807) is 6.92 Å². The van der Waals surface area contributed by atoms with Gasteiger partial charge in [0.1, 0.15) is 0 Å². The van der Waals surface area contributed by atoms with Gasteiger partial charge in [0.25, 0.3) is 9.84 Å². The molecule has 0 aromatic heterocycles. The van der Waals surface area contributed by atoms with Crippen molar-refractivity contribution in [3.63, 3.8) is 0 Å². The summed E-state index contributed by atoms with van der Waals surface area (Å²) in [7, 11) is -5.36. The van der Waals surface area contributed by atoms with E-state index in [4.69, 9.17) is 0 Å². The number of hydrogen-bond acceptors (Lipinski definition) is 3. The second-order valence-electron chi connectivity index (χ2n) is 5.68. The molecule has 0 saturated heterocycles. The van der Waals surface area contributed by atoms with Gasteiger partial charge in [-0.15, -0.1) is 0 Å². The molecule has 0 spiro atoms. The summed E-state index contributed by atoms with van der Waals surface area (Å²) in [6.45, 7) is 7.51. The Morgan fingerprint density at radius 3 is 2.05 bits per heavy atom. The number of halogens is 3. The van der Waals surface area contributed by atoms with Crippen molar-refractivity contribution in [1.29, 1.82) is 0 Å². The van der Waals surface area contributed by atoms with E-state index >= 15 is 0 Å². The first-order valence-corrected chi connectivity index (χ1v) is 7.52. The molecule has 3 nitrogen and oxygen atoms in total. The van der Waals surface area contributed by atoms with Gasteiger partial charge in [-0.3, -0.25) is 0 Å². The molecule has 0 fully saturated rings. The van der Waals surface area contributed by atoms with E-state index in [9.17, 15) is 21.6 Å². The van der Waals surface area contributed by atoms with Crippen molar-refractivity contribution < 1.29 is 21.6 Å². The number of benzene rings is 1. The Balaban J connectivity index is 3.27. The summed E-state index contributed by atoms with van der Waals surface area (Å²) in [5.74, 6) is 0. The monoisotopic (exact) mass is 309 g/mol. The molecule has 0 bridgehead atoms. The zero-order valence-electron chi connectivity index (χ0n) is 11.7. The van der Waals surface area contributed by atoms with Gasteiger partial charge in [0.2, 0.25) is 0 Å². The fourth-order valence-electron chi connectivity index (χ4n) is 1.39. The third kappa shape index (κ3) is 3.45. The number of para-hydroxylation sites is 1. The van der Waals surface area contributed by atoms with Crippen LogP contribution in [0.4, 0.5) is 18.9 Å². The molecule has 0 aliphatic carbocycles. The molecule has 1 N–H and O–H groups in total. The quantitative estimate of drug-likeness (QED) is 0.923. The lowest BCUT2D eigenvalue weighted by molar-refractivity contribution is -0.0435. The Bertz CT molecular complexity index is 574. The molecular weight excluding hydrogens is 291 g/mol. The van der Waals surface area contributed by atoms with Crippen molar-refractivity contribution >= 4 is 15.5 Å². The summed E-state index contributed by atoms with van der Waals surface area (Å²) >= 11 is 0. The van der Waals surface area contributed by atoms with Crippen LogP contribution in [-0.2, 0) is 9.84 Å². The third-order valence-electron chi connectivity index (χ3n) is 3.15. The average Bonchev–Trinajstić information content (AvgIpc) is 2.26. The SMILES string of the molecule is CC(Nc1ccccc1S(=O)(=O)C(F)(F)F)C(C)(C)C. The van der Waals surface area contributed by atoms with Crippen LogP contribution >= 0.6 is 0 Å². The van der Waals surface area contributed by atoms with Gasteiger partial charge in [0.05, 0.1) is 10.6 Å². The first-order chi connectivity index (χ1) is 8.87. The van der Waals surface area contributed by atoms with Crippen molar-refractivity contribution in [2.75, 3.05) is 5.32 Å². The normalized spacial score (nSPS) is 14.9. The lowest BCUT2D eigenvalue weighted by atomic mass is 9.88. The van der Waals surface area contributed by atoms with Crippen LogP contribution in [0.5, 0.6) is 0 Å². The van der Waals surface area contributed by atoms with Crippen LogP contribution in [0.25, 0.3) is 0 Å². The summed E-state index contributed by atoms with van der Waals surface area (Å²) in [5.41, 5.74) is -5.57. The Hall–Kier alpha value is -1.24. The Morgan fingerprint density at radius 2 is 1.60 bits per heavy atom. The zero-order chi connectivity index (χ0) is 15.8. The Labute approximate surface area is 117 Å². The van der Waals surface area contributed by atoms with Gasteiger partial charge in [0.15, 0.2) is 0 Å². The standard InChI is InChI=1S/C13H18F3NO2S/c1-9(12(2,3)4)17-10-7-5-6-8-11(10)20(18,19)13(14,15)16/h5-9,17H,1-4H3. The topological polar surface area (TPSA) is 46.2 Å². The average molecular weight is 309 g/mol. The molecule has 0 aliphatic heterocycles. The molecular formula is C13H18F3NO2S. The highest BCUT2D eigenvalue weighted by Crippen LogP contribution is 2.35. The second-order valence-corrected chi connectivity index (χ2v) is 7.59. The van der Waals surface area contributed by atoms with E-state index in [1.807, 2.05) is 20.8 Å². The van der Waals surface area contributed by atoms with Gasteiger partial charge in [-0.05, 0) is 24.5 Å². The van der Waals surface area contributed by atoms with Gasteiger partial charge in [-0.25, -0.2) is 8.42 Å². The van der Waals surface area contributed by atoms with Crippen LogP contribution < -0.4 is 5.32 Å². The van der Waals surface area contributed by atoms with Gasteiger partial charge < -0.3 is 5.32 Å². The van der Waals surface area contributed by atoms with Crippen LogP contribution in [0.15, 0.2) is 29.2 Å². The van der Waals surface area contributed by atoms with Gasteiger partial charge in [0, 0.05) is 6.04 Å². The number of sulfone groups is 1. The first kappa shape index (κ1) is 16.8. The van der Waals surface area contributed by atoms with E-state index in [1.165, 1.54) is 18.2 Å². The number of nitrogens with one attached hydrogen (secondary N) is 1. The fraction of sp³-hybridized carbons (Fsp3) is 0.538. The maximum absolute atomic E-state index is 12.7. The van der Waals surface area contributed by atoms with Crippen LogP contribution in [0, 0.1) is 5.41 Å². The van der Waals surface area contributed by atoms with Gasteiger partial charge >= 0.3 is 5.51 Å². The molecule has 1 unspecified atom stereocenters. The molecule has 0 radical (unpaired) electrons.